The minimum atomic E-state index is -0.420. The summed E-state index contributed by atoms with van der Waals surface area (Å²) in [5.41, 5.74) is 2.62. The van der Waals surface area contributed by atoms with E-state index in [2.05, 4.69) is 24.1 Å². The lowest BCUT2D eigenvalue weighted by molar-refractivity contribution is -0.122. The zero-order chi connectivity index (χ0) is 23.4. The molecule has 0 bridgehead atoms. The predicted octanol–water partition coefficient (Wildman–Crippen LogP) is 2.91. The summed E-state index contributed by atoms with van der Waals surface area (Å²) in [5.74, 6) is -0.256. The molecule has 2 aromatic carbocycles. The summed E-state index contributed by atoms with van der Waals surface area (Å²) >= 11 is 0. The van der Waals surface area contributed by atoms with Crippen LogP contribution >= 0.6 is 0 Å². The van der Waals surface area contributed by atoms with Crippen LogP contribution < -0.4 is 10.2 Å². The fraction of sp³-hybridized carbons (Fsp3) is 0.423. The van der Waals surface area contributed by atoms with Gasteiger partial charge in [-0.25, -0.2) is 0 Å². The highest BCUT2D eigenvalue weighted by atomic mass is 16.2. The summed E-state index contributed by atoms with van der Waals surface area (Å²) in [7, 11) is 0. The number of nitrogens with one attached hydrogen (secondary N) is 1. The van der Waals surface area contributed by atoms with Crippen molar-refractivity contribution in [1.82, 2.24) is 15.1 Å². The number of benzene rings is 2. The van der Waals surface area contributed by atoms with E-state index in [9.17, 15) is 14.4 Å². The van der Waals surface area contributed by atoms with Gasteiger partial charge < -0.3 is 20.0 Å². The van der Waals surface area contributed by atoms with E-state index in [0.29, 0.717) is 42.9 Å². The normalized spacial score (nSPS) is 17.7. The Balaban J connectivity index is 1.53. The number of amides is 3. The Hall–Kier alpha value is -3.19. The number of para-hydroxylation sites is 1. The van der Waals surface area contributed by atoms with Crippen LogP contribution in [0.5, 0.6) is 0 Å². The van der Waals surface area contributed by atoms with Gasteiger partial charge in [-0.05, 0) is 55.8 Å². The van der Waals surface area contributed by atoms with Crippen LogP contribution in [0.25, 0.3) is 0 Å². The minimum Gasteiger partial charge on any atom is -0.351 e. The first-order valence-corrected chi connectivity index (χ1v) is 11.8. The second kappa shape index (κ2) is 10.2. The molecule has 3 amide bonds. The average molecular weight is 449 g/mol. The van der Waals surface area contributed by atoms with Crippen molar-refractivity contribution < 1.29 is 14.4 Å². The van der Waals surface area contributed by atoms with Gasteiger partial charge in [0.15, 0.2) is 0 Å². The van der Waals surface area contributed by atoms with Gasteiger partial charge in [0.05, 0.1) is 17.8 Å². The molecule has 1 unspecified atom stereocenters. The molecule has 2 heterocycles. The fourth-order valence-electron chi connectivity index (χ4n) is 4.74. The van der Waals surface area contributed by atoms with Crippen LogP contribution in [0.3, 0.4) is 0 Å². The summed E-state index contributed by atoms with van der Waals surface area (Å²) < 4.78 is 0. The molecule has 1 atom stereocenters. The van der Waals surface area contributed by atoms with Crippen LogP contribution in [-0.4, -0.2) is 66.3 Å². The van der Waals surface area contributed by atoms with Gasteiger partial charge in [-0.2, -0.15) is 0 Å². The van der Waals surface area contributed by atoms with Crippen molar-refractivity contribution >= 4 is 23.4 Å². The third-order valence-corrected chi connectivity index (χ3v) is 6.63. The van der Waals surface area contributed by atoms with Gasteiger partial charge in [0, 0.05) is 25.2 Å². The molecule has 174 valence electrons. The van der Waals surface area contributed by atoms with Gasteiger partial charge in [-0.3, -0.25) is 14.4 Å². The van der Waals surface area contributed by atoms with Crippen LogP contribution in [0.4, 0.5) is 5.69 Å². The molecule has 1 fully saturated rings. The monoisotopic (exact) mass is 448 g/mol. The molecule has 2 aliphatic heterocycles. The maximum atomic E-state index is 13.5. The van der Waals surface area contributed by atoms with Crippen LogP contribution in [0.2, 0.25) is 0 Å². The van der Waals surface area contributed by atoms with Crippen molar-refractivity contribution in [2.45, 2.75) is 39.3 Å². The zero-order valence-electron chi connectivity index (χ0n) is 19.4. The topological polar surface area (TPSA) is 73.0 Å². The van der Waals surface area contributed by atoms with Crippen molar-refractivity contribution in [3.8, 4) is 0 Å². The van der Waals surface area contributed by atoms with Crippen molar-refractivity contribution in [2.75, 3.05) is 37.6 Å². The third-order valence-electron chi connectivity index (χ3n) is 6.63. The Morgan fingerprint density at radius 2 is 1.88 bits per heavy atom. The molecule has 33 heavy (non-hydrogen) atoms. The van der Waals surface area contributed by atoms with Gasteiger partial charge in [-0.15, -0.1) is 0 Å². The Morgan fingerprint density at radius 3 is 2.67 bits per heavy atom. The molecule has 7 heteroatoms. The van der Waals surface area contributed by atoms with Crippen LogP contribution in [0, 0.1) is 0 Å². The molecule has 2 aromatic rings. The van der Waals surface area contributed by atoms with Crippen molar-refractivity contribution in [3.63, 3.8) is 0 Å². The summed E-state index contributed by atoms with van der Waals surface area (Å²) in [6.07, 6.45) is 1.52. The summed E-state index contributed by atoms with van der Waals surface area (Å²) in [4.78, 5) is 44.9. The van der Waals surface area contributed by atoms with E-state index in [1.807, 2.05) is 36.4 Å². The van der Waals surface area contributed by atoms with Crippen molar-refractivity contribution in [1.29, 1.82) is 0 Å². The molecule has 0 aliphatic carbocycles. The summed E-state index contributed by atoms with van der Waals surface area (Å²) in [6.45, 7) is 8.44. The van der Waals surface area contributed by atoms with Crippen LogP contribution in [-0.2, 0) is 11.3 Å². The molecule has 0 aromatic heterocycles. The molecular weight excluding hydrogens is 416 g/mol. The van der Waals surface area contributed by atoms with Gasteiger partial charge in [-0.1, -0.05) is 38.1 Å². The van der Waals surface area contributed by atoms with E-state index in [1.165, 1.54) is 0 Å². The number of hydrogen-bond donors (Lipinski definition) is 1. The van der Waals surface area contributed by atoms with Crippen LogP contribution in [0.1, 0.15) is 53.0 Å². The number of likely N-dealkylation sites (N-methyl/N-ethyl adjacent to an activating group) is 1. The average Bonchev–Trinajstić information content (AvgIpc) is 3.32. The molecule has 2 aliphatic rings. The lowest BCUT2D eigenvalue weighted by Gasteiger charge is -2.26. The summed E-state index contributed by atoms with van der Waals surface area (Å²) in [5, 5.41) is 2.99. The van der Waals surface area contributed by atoms with Gasteiger partial charge in [0.2, 0.25) is 5.91 Å². The molecule has 1 saturated heterocycles. The highest BCUT2D eigenvalue weighted by Crippen LogP contribution is 2.33. The van der Waals surface area contributed by atoms with Crippen LogP contribution in [0.15, 0.2) is 48.5 Å². The highest BCUT2D eigenvalue weighted by molar-refractivity contribution is 6.11. The molecule has 0 saturated carbocycles. The first-order chi connectivity index (χ1) is 16.0. The maximum absolute atomic E-state index is 13.5. The van der Waals surface area contributed by atoms with Gasteiger partial charge in [0.1, 0.15) is 6.04 Å². The second-order valence-corrected chi connectivity index (χ2v) is 8.58. The number of anilines is 1. The van der Waals surface area contributed by atoms with E-state index >= 15 is 0 Å². The smallest absolute Gasteiger partial charge is 0.256 e. The second-order valence-electron chi connectivity index (χ2n) is 8.58. The number of nitrogens with zero attached hydrogens (tertiary/aromatic N) is 3. The van der Waals surface area contributed by atoms with E-state index < -0.39 is 6.04 Å². The number of hydrogen-bond acceptors (Lipinski definition) is 4. The van der Waals surface area contributed by atoms with Gasteiger partial charge >= 0.3 is 0 Å². The lowest BCUT2D eigenvalue weighted by Crippen LogP contribution is -2.44. The van der Waals surface area contributed by atoms with Crippen molar-refractivity contribution in [3.05, 3.63) is 65.2 Å². The van der Waals surface area contributed by atoms with E-state index in [-0.39, 0.29) is 17.7 Å². The summed E-state index contributed by atoms with van der Waals surface area (Å²) in [6, 6.07) is 14.3. The molecular formula is C26H32N4O3. The minimum absolute atomic E-state index is 0.0557. The quantitative estimate of drug-likeness (QED) is 0.674. The Morgan fingerprint density at radius 1 is 1.09 bits per heavy atom. The molecule has 4 rings (SSSR count). The highest BCUT2D eigenvalue weighted by Gasteiger charge is 2.41. The first-order valence-electron chi connectivity index (χ1n) is 11.8. The van der Waals surface area contributed by atoms with Gasteiger partial charge in [0.25, 0.3) is 11.8 Å². The molecule has 0 spiro atoms. The maximum Gasteiger partial charge on any atom is 0.256 e. The van der Waals surface area contributed by atoms with Crippen molar-refractivity contribution in [2.24, 2.45) is 0 Å². The van der Waals surface area contributed by atoms with E-state index in [0.717, 1.165) is 31.6 Å². The largest absolute Gasteiger partial charge is 0.351 e. The number of carbonyl (C=O) groups excluding carboxylic acids is 3. The number of rotatable bonds is 8. The Bertz CT molecular complexity index is 1030. The number of carbonyl (C=O) groups is 3. The third kappa shape index (κ3) is 4.78. The molecule has 7 nitrogen and oxygen atoms in total. The Kier molecular flexibility index (Phi) is 7.08. The van der Waals surface area contributed by atoms with E-state index in [4.69, 9.17) is 0 Å². The molecule has 1 N–H and O–H groups in total. The standard InChI is InChI=1S/C26H32N4O3/c1-3-28(4-2)16-14-27-24(31)20-10-7-9-19(17-20)18-30-22-12-6-5-11-21(22)25(32)29-15-8-13-23(29)26(30)33/h5-7,9-12,17,23H,3-4,8,13-16,18H2,1-2H3,(H,27,31). The first kappa shape index (κ1) is 23.0. The lowest BCUT2D eigenvalue weighted by atomic mass is 10.1. The Labute approximate surface area is 195 Å². The number of fused-ring (bicyclic) bond motifs is 2. The zero-order valence-corrected chi connectivity index (χ0v) is 19.4. The fourth-order valence-corrected chi connectivity index (χ4v) is 4.74. The van der Waals surface area contributed by atoms with E-state index in [1.54, 1.807) is 21.9 Å². The SMILES string of the molecule is CCN(CC)CCNC(=O)c1cccc(CN2C(=O)C3CCCN3C(=O)c3ccccc32)c1. The molecule has 0 radical (unpaired) electrons. The predicted molar refractivity (Wildman–Crippen MR) is 128 cm³/mol.